The van der Waals surface area contributed by atoms with Gasteiger partial charge in [0.1, 0.15) is 0 Å². The SMILES string of the molecule is CCCC(CN)C(=O)N1CCC(c2ccccc2)CC1. The zero-order valence-electron chi connectivity index (χ0n) is 12.4. The van der Waals surface area contributed by atoms with Gasteiger partial charge in [-0.3, -0.25) is 4.79 Å². The molecule has 3 heteroatoms. The second-order valence-electron chi connectivity index (χ2n) is 5.73. The van der Waals surface area contributed by atoms with Gasteiger partial charge in [0.15, 0.2) is 0 Å². The lowest BCUT2D eigenvalue weighted by molar-refractivity contribution is -0.136. The van der Waals surface area contributed by atoms with Crippen molar-refractivity contribution in [3.05, 3.63) is 35.9 Å². The molecule has 0 radical (unpaired) electrons. The molecule has 0 saturated carbocycles. The minimum Gasteiger partial charge on any atom is -0.342 e. The fraction of sp³-hybridized carbons (Fsp3) is 0.588. The Morgan fingerprint density at radius 3 is 2.50 bits per heavy atom. The van der Waals surface area contributed by atoms with Crippen LogP contribution in [0.3, 0.4) is 0 Å². The van der Waals surface area contributed by atoms with Crippen molar-refractivity contribution < 1.29 is 4.79 Å². The van der Waals surface area contributed by atoms with E-state index in [4.69, 9.17) is 5.73 Å². The molecule has 1 aromatic carbocycles. The van der Waals surface area contributed by atoms with Crippen molar-refractivity contribution in [1.29, 1.82) is 0 Å². The number of nitrogens with zero attached hydrogens (tertiary/aromatic N) is 1. The summed E-state index contributed by atoms with van der Waals surface area (Å²) in [5, 5.41) is 0. The van der Waals surface area contributed by atoms with E-state index in [1.165, 1.54) is 5.56 Å². The molecule has 110 valence electrons. The number of carbonyl (C=O) groups excluding carboxylic acids is 1. The normalized spacial score (nSPS) is 18.0. The van der Waals surface area contributed by atoms with Gasteiger partial charge in [0.2, 0.25) is 5.91 Å². The van der Waals surface area contributed by atoms with Gasteiger partial charge in [-0.05, 0) is 30.7 Å². The summed E-state index contributed by atoms with van der Waals surface area (Å²) in [4.78, 5) is 14.4. The largest absolute Gasteiger partial charge is 0.342 e. The van der Waals surface area contributed by atoms with Crippen LogP contribution in [0.2, 0.25) is 0 Å². The van der Waals surface area contributed by atoms with Gasteiger partial charge < -0.3 is 10.6 Å². The molecule has 1 heterocycles. The minimum atomic E-state index is 0.0216. The number of nitrogens with two attached hydrogens (primary N) is 1. The number of likely N-dealkylation sites (tertiary alicyclic amines) is 1. The van der Waals surface area contributed by atoms with E-state index in [1.807, 2.05) is 4.90 Å². The van der Waals surface area contributed by atoms with Crippen LogP contribution < -0.4 is 5.73 Å². The fourth-order valence-electron chi connectivity index (χ4n) is 3.11. The zero-order valence-corrected chi connectivity index (χ0v) is 12.4. The molecule has 0 aliphatic carbocycles. The van der Waals surface area contributed by atoms with Crippen molar-refractivity contribution >= 4 is 5.91 Å². The molecule has 1 saturated heterocycles. The second kappa shape index (κ2) is 7.44. The number of hydrogen-bond acceptors (Lipinski definition) is 2. The Morgan fingerprint density at radius 2 is 1.95 bits per heavy atom. The smallest absolute Gasteiger partial charge is 0.226 e. The van der Waals surface area contributed by atoms with E-state index >= 15 is 0 Å². The molecule has 1 unspecified atom stereocenters. The van der Waals surface area contributed by atoms with E-state index in [0.717, 1.165) is 38.8 Å². The third kappa shape index (κ3) is 3.60. The van der Waals surface area contributed by atoms with E-state index in [-0.39, 0.29) is 11.8 Å². The molecule has 0 spiro atoms. The molecule has 1 atom stereocenters. The Balaban J connectivity index is 1.89. The van der Waals surface area contributed by atoms with Crippen LogP contribution in [0.4, 0.5) is 0 Å². The van der Waals surface area contributed by atoms with Gasteiger partial charge in [-0.15, -0.1) is 0 Å². The topological polar surface area (TPSA) is 46.3 Å². The summed E-state index contributed by atoms with van der Waals surface area (Å²) in [6.45, 7) is 4.33. The highest BCUT2D eigenvalue weighted by Gasteiger charge is 2.27. The third-order valence-electron chi connectivity index (χ3n) is 4.35. The molecule has 1 aliphatic rings. The van der Waals surface area contributed by atoms with Gasteiger partial charge >= 0.3 is 0 Å². The van der Waals surface area contributed by atoms with Crippen LogP contribution in [0.15, 0.2) is 30.3 Å². The van der Waals surface area contributed by atoms with Crippen LogP contribution >= 0.6 is 0 Å². The quantitative estimate of drug-likeness (QED) is 0.897. The molecule has 20 heavy (non-hydrogen) atoms. The van der Waals surface area contributed by atoms with Crippen LogP contribution in [0.5, 0.6) is 0 Å². The van der Waals surface area contributed by atoms with Gasteiger partial charge in [0, 0.05) is 19.6 Å². The van der Waals surface area contributed by atoms with Crippen molar-refractivity contribution in [2.24, 2.45) is 11.7 Å². The first-order valence-corrected chi connectivity index (χ1v) is 7.80. The number of piperidine rings is 1. The standard InChI is InChI=1S/C17H26N2O/c1-2-6-16(13-18)17(20)19-11-9-15(10-12-19)14-7-4-3-5-8-14/h3-5,7-8,15-16H,2,6,9-13,18H2,1H3. The summed E-state index contributed by atoms with van der Waals surface area (Å²) in [6.07, 6.45) is 4.07. The van der Waals surface area contributed by atoms with Gasteiger partial charge in [0.05, 0.1) is 5.92 Å². The maximum absolute atomic E-state index is 12.4. The van der Waals surface area contributed by atoms with Gasteiger partial charge in [-0.2, -0.15) is 0 Å². The predicted molar refractivity (Wildman–Crippen MR) is 82.4 cm³/mol. The summed E-state index contributed by atoms with van der Waals surface area (Å²) in [5.74, 6) is 0.886. The van der Waals surface area contributed by atoms with Crippen LogP contribution in [0.1, 0.15) is 44.1 Å². The molecule has 1 fully saturated rings. The molecule has 0 aromatic heterocycles. The summed E-state index contributed by atoms with van der Waals surface area (Å²) >= 11 is 0. The second-order valence-corrected chi connectivity index (χ2v) is 5.73. The highest BCUT2D eigenvalue weighted by atomic mass is 16.2. The maximum atomic E-state index is 12.4. The van der Waals surface area contributed by atoms with Gasteiger partial charge in [0.25, 0.3) is 0 Å². The highest BCUT2D eigenvalue weighted by Crippen LogP contribution is 2.28. The monoisotopic (exact) mass is 274 g/mol. The van der Waals surface area contributed by atoms with Crippen LogP contribution in [-0.2, 0) is 4.79 Å². The first kappa shape index (κ1) is 15.0. The van der Waals surface area contributed by atoms with Crippen molar-refractivity contribution in [3.63, 3.8) is 0 Å². The van der Waals surface area contributed by atoms with E-state index in [9.17, 15) is 4.79 Å². The van der Waals surface area contributed by atoms with E-state index in [2.05, 4.69) is 37.3 Å². The molecule has 1 aliphatic heterocycles. The molecule has 1 aromatic rings. The number of carbonyl (C=O) groups is 1. The average Bonchev–Trinajstić information content (AvgIpc) is 2.53. The highest BCUT2D eigenvalue weighted by molar-refractivity contribution is 5.79. The molecule has 1 amide bonds. The predicted octanol–water partition coefficient (Wildman–Crippen LogP) is 2.77. The van der Waals surface area contributed by atoms with Crippen LogP contribution in [0.25, 0.3) is 0 Å². The number of hydrogen-bond donors (Lipinski definition) is 1. The zero-order chi connectivity index (χ0) is 14.4. The third-order valence-corrected chi connectivity index (χ3v) is 4.35. The first-order valence-electron chi connectivity index (χ1n) is 7.80. The van der Waals surface area contributed by atoms with E-state index in [1.54, 1.807) is 0 Å². The Hall–Kier alpha value is -1.35. The lowest BCUT2D eigenvalue weighted by atomic mass is 9.89. The lowest BCUT2D eigenvalue weighted by Gasteiger charge is -2.34. The van der Waals surface area contributed by atoms with Crippen molar-refractivity contribution in [2.75, 3.05) is 19.6 Å². The Bertz CT molecular complexity index is 410. The van der Waals surface area contributed by atoms with Crippen molar-refractivity contribution in [1.82, 2.24) is 4.90 Å². The fourth-order valence-corrected chi connectivity index (χ4v) is 3.11. The summed E-state index contributed by atoms with van der Waals surface area (Å²) in [5.41, 5.74) is 7.14. The van der Waals surface area contributed by atoms with Crippen molar-refractivity contribution in [3.8, 4) is 0 Å². The summed E-state index contributed by atoms with van der Waals surface area (Å²) < 4.78 is 0. The molecule has 3 nitrogen and oxygen atoms in total. The Labute approximate surface area is 122 Å². The Morgan fingerprint density at radius 1 is 1.30 bits per heavy atom. The number of rotatable bonds is 5. The average molecular weight is 274 g/mol. The minimum absolute atomic E-state index is 0.0216. The molecule has 0 bridgehead atoms. The lowest BCUT2D eigenvalue weighted by Crippen LogP contribution is -2.43. The van der Waals surface area contributed by atoms with E-state index in [0.29, 0.717) is 12.5 Å². The van der Waals surface area contributed by atoms with Crippen LogP contribution in [-0.4, -0.2) is 30.4 Å². The summed E-state index contributed by atoms with van der Waals surface area (Å²) in [6, 6.07) is 10.6. The molecular formula is C17H26N2O. The van der Waals surface area contributed by atoms with Gasteiger partial charge in [-0.25, -0.2) is 0 Å². The summed E-state index contributed by atoms with van der Waals surface area (Å²) in [7, 11) is 0. The number of benzene rings is 1. The molecule has 2 rings (SSSR count). The van der Waals surface area contributed by atoms with Crippen molar-refractivity contribution in [2.45, 2.75) is 38.5 Å². The van der Waals surface area contributed by atoms with E-state index < -0.39 is 0 Å². The van der Waals surface area contributed by atoms with Crippen LogP contribution in [0, 0.1) is 5.92 Å². The first-order chi connectivity index (χ1) is 9.76. The Kier molecular flexibility index (Phi) is 5.60. The molecular weight excluding hydrogens is 248 g/mol. The maximum Gasteiger partial charge on any atom is 0.226 e. The molecule has 2 N–H and O–H groups in total. The van der Waals surface area contributed by atoms with Gasteiger partial charge in [-0.1, -0.05) is 43.7 Å². The number of amides is 1.